The van der Waals surface area contributed by atoms with Gasteiger partial charge in [0.15, 0.2) is 0 Å². The van der Waals surface area contributed by atoms with Crippen LogP contribution in [0.3, 0.4) is 0 Å². The average molecular weight is 285 g/mol. The summed E-state index contributed by atoms with van der Waals surface area (Å²) in [7, 11) is 2.13. The van der Waals surface area contributed by atoms with E-state index in [1.807, 2.05) is 13.0 Å². The summed E-state index contributed by atoms with van der Waals surface area (Å²) in [6, 6.07) is 4.12. The largest absolute Gasteiger partial charge is 0.398 e. The Balaban J connectivity index is 2.91. The first-order valence-electron chi connectivity index (χ1n) is 5.72. The lowest BCUT2D eigenvalue weighted by atomic mass is 10.1. The minimum atomic E-state index is 0.703. The van der Waals surface area contributed by atoms with Crippen molar-refractivity contribution in [3.63, 3.8) is 0 Å². The molecule has 0 spiro atoms. The van der Waals surface area contributed by atoms with Crippen LogP contribution in [0.2, 0.25) is 0 Å². The second-order valence-corrected chi connectivity index (χ2v) is 5.41. The molecule has 0 aliphatic heterocycles. The summed E-state index contributed by atoms with van der Waals surface area (Å²) < 4.78 is 1.07. The van der Waals surface area contributed by atoms with E-state index in [4.69, 9.17) is 5.73 Å². The van der Waals surface area contributed by atoms with Gasteiger partial charge in [-0.3, -0.25) is 0 Å². The van der Waals surface area contributed by atoms with Gasteiger partial charge in [-0.15, -0.1) is 0 Å². The van der Waals surface area contributed by atoms with Gasteiger partial charge in [-0.25, -0.2) is 0 Å². The van der Waals surface area contributed by atoms with Crippen molar-refractivity contribution < 1.29 is 0 Å². The summed E-state index contributed by atoms with van der Waals surface area (Å²) in [4.78, 5) is 2.28. The molecule has 0 amide bonds. The predicted molar refractivity (Wildman–Crippen MR) is 76.0 cm³/mol. The minimum absolute atomic E-state index is 0.703. The highest BCUT2D eigenvalue weighted by Crippen LogP contribution is 2.30. The third-order valence-corrected chi connectivity index (χ3v) is 3.66. The Bertz CT molecular complexity index is 363. The van der Waals surface area contributed by atoms with Gasteiger partial charge in [-0.2, -0.15) is 0 Å². The van der Waals surface area contributed by atoms with Crippen LogP contribution >= 0.6 is 15.9 Å². The highest BCUT2D eigenvalue weighted by atomic mass is 79.9. The summed E-state index contributed by atoms with van der Waals surface area (Å²) in [5, 5.41) is 0. The Morgan fingerprint density at radius 2 is 2.06 bits per heavy atom. The Hall–Kier alpha value is -0.700. The molecule has 2 nitrogen and oxygen atoms in total. The van der Waals surface area contributed by atoms with E-state index in [0.717, 1.165) is 22.3 Å². The Labute approximate surface area is 107 Å². The van der Waals surface area contributed by atoms with Crippen molar-refractivity contribution in [3.8, 4) is 0 Å². The van der Waals surface area contributed by atoms with E-state index in [9.17, 15) is 0 Å². The standard InChI is InChI=1S/C13H21BrN2/c1-5-9(2)8-16(4)13-6-10(3)12(15)7-11(13)14/h6-7,9H,5,8,15H2,1-4H3. The number of nitrogens with zero attached hydrogens (tertiary/aromatic N) is 1. The molecule has 1 aromatic rings. The number of aryl methyl sites for hydroxylation is 1. The number of benzene rings is 1. The van der Waals surface area contributed by atoms with E-state index >= 15 is 0 Å². The fraction of sp³-hybridized carbons (Fsp3) is 0.538. The van der Waals surface area contributed by atoms with E-state index in [2.05, 4.69) is 47.8 Å². The van der Waals surface area contributed by atoms with Crippen molar-refractivity contribution in [2.24, 2.45) is 5.92 Å². The zero-order chi connectivity index (χ0) is 12.3. The van der Waals surface area contributed by atoms with Gasteiger partial charge in [0.05, 0.1) is 5.69 Å². The monoisotopic (exact) mass is 284 g/mol. The fourth-order valence-corrected chi connectivity index (χ4v) is 2.33. The third-order valence-electron chi connectivity index (χ3n) is 3.03. The lowest BCUT2D eigenvalue weighted by Gasteiger charge is -2.24. The highest BCUT2D eigenvalue weighted by Gasteiger charge is 2.10. The molecule has 0 aliphatic carbocycles. The molecule has 2 N–H and O–H groups in total. The van der Waals surface area contributed by atoms with Crippen molar-refractivity contribution in [3.05, 3.63) is 22.2 Å². The maximum Gasteiger partial charge on any atom is 0.0512 e. The number of hydrogen-bond donors (Lipinski definition) is 1. The zero-order valence-corrected chi connectivity index (χ0v) is 12.1. The first-order chi connectivity index (χ1) is 7.45. The number of halogens is 1. The number of nitrogen functional groups attached to an aromatic ring is 1. The van der Waals surface area contributed by atoms with Gasteiger partial charge in [0.2, 0.25) is 0 Å². The maximum atomic E-state index is 5.87. The van der Waals surface area contributed by atoms with Gasteiger partial charge < -0.3 is 10.6 Å². The Kier molecular flexibility index (Phi) is 4.66. The Morgan fingerprint density at radius 1 is 1.44 bits per heavy atom. The number of rotatable bonds is 4. The summed E-state index contributed by atoms with van der Waals surface area (Å²) in [6.07, 6.45) is 1.20. The molecule has 0 aliphatic rings. The topological polar surface area (TPSA) is 29.3 Å². The van der Waals surface area contributed by atoms with Gasteiger partial charge in [0, 0.05) is 23.8 Å². The minimum Gasteiger partial charge on any atom is -0.398 e. The molecule has 16 heavy (non-hydrogen) atoms. The molecule has 0 saturated heterocycles. The first kappa shape index (κ1) is 13.4. The molecule has 1 aromatic carbocycles. The molecule has 0 saturated carbocycles. The number of nitrogens with two attached hydrogens (primary N) is 1. The molecule has 0 heterocycles. The molecule has 0 fully saturated rings. The molecule has 3 heteroatoms. The second-order valence-electron chi connectivity index (χ2n) is 4.55. The molecular weight excluding hydrogens is 264 g/mol. The van der Waals surface area contributed by atoms with Crippen LogP contribution in [0.5, 0.6) is 0 Å². The van der Waals surface area contributed by atoms with Crippen LogP contribution in [0.4, 0.5) is 11.4 Å². The van der Waals surface area contributed by atoms with E-state index in [1.165, 1.54) is 12.1 Å². The van der Waals surface area contributed by atoms with Crippen molar-refractivity contribution >= 4 is 27.3 Å². The van der Waals surface area contributed by atoms with E-state index < -0.39 is 0 Å². The quantitative estimate of drug-likeness (QED) is 0.852. The van der Waals surface area contributed by atoms with Crippen LogP contribution < -0.4 is 10.6 Å². The number of hydrogen-bond acceptors (Lipinski definition) is 2. The average Bonchev–Trinajstić information content (AvgIpc) is 2.23. The molecule has 1 atom stereocenters. The van der Waals surface area contributed by atoms with Crippen LogP contribution in [0.1, 0.15) is 25.8 Å². The van der Waals surface area contributed by atoms with E-state index in [1.54, 1.807) is 0 Å². The van der Waals surface area contributed by atoms with Crippen molar-refractivity contribution in [1.29, 1.82) is 0 Å². The molecular formula is C13H21BrN2. The highest BCUT2D eigenvalue weighted by molar-refractivity contribution is 9.10. The van der Waals surface area contributed by atoms with Gasteiger partial charge in [-0.05, 0) is 46.5 Å². The van der Waals surface area contributed by atoms with Gasteiger partial charge in [0.1, 0.15) is 0 Å². The second kappa shape index (κ2) is 5.58. The van der Waals surface area contributed by atoms with Crippen molar-refractivity contribution in [2.45, 2.75) is 27.2 Å². The van der Waals surface area contributed by atoms with Crippen molar-refractivity contribution in [2.75, 3.05) is 24.2 Å². The van der Waals surface area contributed by atoms with Crippen LogP contribution in [-0.4, -0.2) is 13.6 Å². The van der Waals surface area contributed by atoms with E-state index in [-0.39, 0.29) is 0 Å². The van der Waals surface area contributed by atoms with Crippen molar-refractivity contribution in [1.82, 2.24) is 0 Å². The van der Waals surface area contributed by atoms with Crippen LogP contribution in [-0.2, 0) is 0 Å². The smallest absolute Gasteiger partial charge is 0.0512 e. The number of anilines is 2. The van der Waals surface area contributed by atoms with Crippen LogP contribution in [0, 0.1) is 12.8 Å². The lowest BCUT2D eigenvalue weighted by Crippen LogP contribution is -2.24. The van der Waals surface area contributed by atoms with Crippen LogP contribution in [0.15, 0.2) is 16.6 Å². The van der Waals surface area contributed by atoms with E-state index in [0.29, 0.717) is 5.92 Å². The zero-order valence-electron chi connectivity index (χ0n) is 10.5. The molecule has 0 radical (unpaired) electrons. The fourth-order valence-electron chi connectivity index (χ4n) is 1.67. The van der Waals surface area contributed by atoms with Crippen LogP contribution in [0.25, 0.3) is 0 Å². The van der Waals surface area contributed by atoms with Gasteiger partial charge in [0.25, 0.3) is 0 Å². The molecule has 90 valence electrons. The normalized spacial score (nSPS) is 12.6. The molecule has 1 rings (SSSR count). The summed E-state index contributed by atoms with van der Waals surface area (Å²) >= 11 is 3.57. The first-order valence-corrected chi connectivity index (χ1v) is 6.51. The molecule has 0 bridgehead atoms. The Morgan fingerprint density at radius 3 is 2.62 bits per heavy atom. The summed E-state index contributed by atoms with van der Waals surface area (Å²) in [6.45, 7) is 7.61. The lowest BCUT2D eigenvalue weighted by molar-refractivity contribution is 0.559. The summed E-state index contributed by atoms with van der Waals surface area (Å²) in [5.41, 5.74) is 9.06. The predicted octanol–water partition coefficient (Wildman–Crippen LogP) is 3.82. The van der Waals surface area contributed by atoms with Gasteiger partial charge >= 0.3 is 0 Å². The van der Waals surface area contributed by atoms with Gasteiger partial charge in [-0.1, -0.05) is 20.3 Å². The summed E-state index contributed by atoms with van der Waals surface area (Å²) in [5.74, 6) is 0.703. The third kappa shape index (κ3) is 3.14. The SMILES string of the molecule is CCC(C)CN(C)c1cc(C)c(N)cc1Br. The maximum absolute atomic E-state index is 5.87. The molecule has 0 aromatic heterocycles. The molecule has 1 unspecified atom stereocenters.